The number of ether oxygens (including phenoxy) is 1. The summed E-state index contributed by atoms with van der Waals surface area (Å²) >= 11 is 0. The van der Waals surface area contributed by atoms with Gasteiger partial charge >= 0.3 is 0 Å². The first kappa shape index (κ1) is 11.2. The maximum Gasteiger partial charge on any atom is 0.149 e. The summed E-state index contributed by atoms with van der Waals surface area (Å²) < 4.78 is 7.62. The highest BCUT2D eigenvalue weighted by Crippen LogP contribution is 2.34. The molecule has 1 aliphatic heterocycles. The molecule has 1 saturated heterocycles. The van der Waals surface area contributed by atoms with Crippen LogP contribution in [0, 0.1) is 5.92 Å². The minimum atomic E-state index is -0.341. The van der Waals surface area contributed by atoms with Crippen molar-refractivity contribution in [3.8, 4) is 0 Å². The second-order valence-corrected chi connectivity index (χ2v) is 4.62. The maximum absolute atomic E-state index is 10.9. The van der Waals surface area contributed by atoms with Crippen molar-refractivity contribution in [2.24, 2.45) is 5.92 Å². The number of aromatic nitrogens is 3. The number of fused-ring (bicyclic) bond motifs is 1. The Kier molecular flexibility index (Phi) is 2.52. The number of rotatable bonds is 2. The summed E-state index contributed by atoms with van der Waals surface area (Å²) in [7, 11) is 0. The fourth-order valence-corrected chi connectivity index (χ4v) is 2.39. The van der Waals surface area contributed by atoms with Gasteiger partial charge in [-0.25, -0.2) is 9.97 Å². The van der Waals surface area contributed by atoms with Gasteiger partial charge in [-0.2, -0.15) is 0 Å². The summed E-state index contributed by atoms with van der Waals surface area (Å²) in [6.07, 6.45) is 4.45. The van der Waals surface area contributed by atoms with Crippen LogP contribution in [0.3, 0.4) is 0 Å². The predicted molar refractivity (Wildman–Crippen MR) is 65.7 cm³/mol. The van der Waals surface area contributed by atoms with E-state index < -0.39 is 0 Å². The zero-order valence-corrected chi connectivity index (χ0v) is 9.98. The molecule has 3 atom stereocenters. The molecular formula is C12H14N4O2. The van der Waals surface area contributed by atoms with Gasteiger partial charge in [0.25, 0.3) is 0 Å². The standard InChI is InChI=1S/C12H14N4O2/c1-7-4-10(18-9(7)5-17)16-3-2-8-11(13)14-6-15-12(8)16/h2-3,5-7,9-10H,4H2,1H3,(H2,13,14,15)/t7-,9+,10+/m0/s1. The van der Waals surface area contributed by atoms with Crippen LogP contribution in [0.2, 0.25) is 0 Å². The molecule has 3 rings (SSSR count). The van der Waals surface area contributed by atoms with Crippen LogP contribution in [-0.4, -0.2) is 26.9 Å². The molecule has 6 heteroatoms. The van der Waals surface area contributed by atoms with Crippen molar-refractivity contribution in [1.29, 1.82) is 0 Å². The highest BCUT2D eigenvalue weighted by Gasteiger charge is 2.33. The molecule has 0 unspecified atom stereocenters. The highest BCUT2D eigenvalue weighted by molar-refractivity contribution is 5.86. The molecule has 1 fully saturated rings. The van der Waals surface area contributed by atoms with Crippen LogP contribution in [0.25, 0.3) is 11.0 Å². The molecule has 0 spiro atoms. The van der Waals surface area contributed by atoms with Crippen molar-refractivity contribution in [2.45, 2.75) is 25.7 Å². The Labute approximate surface area is 104 Å². The van der Waals surface area contributed by atoms with E-state index in [2.05, 4.69) is 9.97 Å². The second kappa shape index (κ2) is 4.06. The van der Waals surface area contributed by atoms with Crippen LogP contribution in [0.5, 0.6) is 0 Å². The molecule has 94 valence electrons. The molecular weight excluding hydrogens is 232 g/mol. The maximum atomic E-state index is 10.9. The smallest absolute Gasteiger partial charge is 0.149 e. The van der Waals surface area contributed by atoms with Crippen molar-refractivity contribution < 1.29 is 9.53 Å². The molecule has 3 heterocycles. The van der Waals surface area contributed by atoms with Crippen molar-refractivity contribution in [1.82, 2.24) is 14.5 Å². The van der Waals surface area contributed by atoms with Crippen LogP contribution in [0.4, 0.5) is 5.82 Å². The summed E-state index contributed by atoms with van der Waals surface area (Å²) in [6, 6.07) is 1.87. The third kappa shape index (κ3) is 1.57. The summed E-state index contributed by atoms with van der Waals surface area (Å²) in [5.74, 6) is 0.667. The fraction of sp³-hybridized carbons (Fsp3) is 0.417. The van der Waals surface area contributed by atoms with Crippen molar-refractivity contribution in [2.75, 3.05) is 5.73 Å². The molecule has 0 aromatic carbocycles. The van der Waals surface area contributed by atoms with Crippen molar-refractivity contribution in [3.05, 3.63) is 18.6 Å². The summed E-state index contributed by atoms with van der Waals surface area (Å²) in [4.78, 5) is 19.0. The van der Waals surface area contributed by atoms with Crippen molar-refractivity contribution >= 4 is 23.1 Å². The zero-order chi connectivity index (χ0) is 12.7. The van der Waals surface area contributed by atoms with Crippen LogP contribution >= 0.6 is 0 Å². The lowest BCUT2D eigenvalue weighted by Gasteiger charge is -2.13. The average Bonchev–Trinajstić information content (AvgIpc) is 2.93. The van der Waals surface area contributed by atoms with Crippen LogP contribution in [-0.2, 0) is 9.53 Å². The van der Waals surface area contributed by atoms with Gasteiger partial charge in [0.2, 0.25) is 0 Å². The van der Waals surface area contributed by atoms with E-state index in [1.165, 1.54) is 6.33 Å². The van der Waals surface area contributed by atoms with Gasteiger partial charge in [0.1, 0.15) is 36.4 Å². The van der Waals surface area contributed by atoms with Gasteiger partial charge < -0.3 is 19.8 Å². The Hall–Kier alpha value is -1.95. The lowest BCUT2D eigenvalue weighted by atomic mass is 10.0. The monoisotopic (exact) mass is 246 g/mol. The Morgan fingerprint density at radius 1 is 1.56 bits per heavy atom. The molecule has 0 saturated carbocycles. The number of hydrogen-bond donors (Lipinski definition) is 1. The summed E-state index contributed by atoms with van der Waals surface area (Å²) in [6.45, 7) is 2.01. The van der Waals surface area contributed by atoms with Gasteiger partial charge in [0.05, 0.1) is 5.39 Å². The second-order valence-electron chi connectivity index (χ2n) is 4.62. The predicted octanol–water partition coefficient (Wildman–Crippen LogP) is 1.14. The third-order valence-electron chi connectivity index (χ3n) is 3.43. The zero-order valence-electron chi connectivity index (χ0n) is 9.98. The van der Waals surface area contributed by atoms with Gasteiger partial charge in [-0.1, -0.05) is 6.92 Å². The summed E-state index contributed by atoms with van der Waals surface area (Å²) in [5.41, 5.74) is 6.53. The Bertz CT molecular complexity index is 595. The first-order valence-electron chi connectivity index (χ1n) is 5.88. The number of anilines is 1. The van der Waals surface area contributed by atoms with E-state index in [0.717, 1.165) is 23.7 Å². The SMILES string of the molecule is C[C@H]1C[C@H](n2ccc3c(N)ncnc32)O[C@@H]1C=O. The number of nitrogens with two attached hydrogens (primary N) is 1. The lowest BCUT2D eigenvalue weighted by molar-refractivity contribution is -0.120. The van der Waals surface area contributed by atoms with E-state index in [9.17, 15) is 4.79 Å². The molecule has 2 aromatic rings. The molecule has 0 bridgehead atoms. The number of carbonyl (C=O) groups excluding carboxylic acids is 1. The number of nitrogen functional groups attached to an aromatic ring is 1. The Morgan fingerprint density at radius 2 is 2.39 bits per heavy atom. The number of carbonyl (C=O) groups is 1. The number of hydrogen-bond acceptors (Lipinski definition) is 5. The van der Waals surface area contributed by atoms with Gasteiger partial charge in [0.15, 0.2) is 0 Å². The molecule has 0 aliphatic carbocycles. The molecule has 6 nitrogen and oxygen atoms in total. The molecule has 2 aromatic heterocycles. The average molecular weight is 246 g/mol. The molecule has 0 radical (unpaired) electrons. The highest BCUT2D eigenvalue weighted by atomic mass is 16.5. The fourth-order valence-electron chi connectivity index (χ4n) is 2.39. The molecule has 1 aliphatic rings. The van der Waals surface area contributed by atoms with Gasteiger partial charge in [0, 0.05) is 6.20 Å². The van der Waals surface area contributed by atoms with Crippen molar-refractivity contribution in [3.63, 3.8) is 0 Å². The quantitative estimate of drug-likeness (QED) is 0.803. The topological polar surface area (TPSA) is 83.0 Å². The first-order chi connectivity index (χ1) is 8.70. The minimum absolute atomic E-state index is 0.165. The lowest BCUT2D eigenvalue weighted by Crippen LogP contribution is -2.15. The van der Waals surface area contributed by atoms with Crippen LogP contribution in [0.15, 0.2) is 18.6 Å². The minimum Gasteiger partial charge on any atom is -0.383 e. The van der Waals surface area contributed by atoms with Gasteiger partial charge in [-0.15, -0.1) is 0 Å². The molecule has 2 N–H and O–H groups in total. The Balaban J connectivity index is 2.01. The number of nitrogens with zero attached hydrogens (tertiary/aromatic N) is 3. The Morgan fingerprint density at radius 3 is 3.11 bits per heavy atom. The van der Waals surface area contributed by atoms with Crippen LogP contribution in [0.1, 0.15) is 19.6 Å². The van der Waals surface area contributed by atoms with E-state index in [-0.39, 0.29) is 18.2 Å². The van der Waals surface area contributed by atoms with E-state index in [1.807, 2.05) is 23.8 Å². The molecule has 0 amide bonds. The first-order valence-corrected chi connectivity index (χ1v) is 5.88. The third-order valence-corrected chi connectivity index (χ3v) is 3.43. The molecule has 18 heavy (non-hydrogen) atoms. The van der Waals surface area contributed by atoms with E-state index in [1.54, 1.807) is 0 Å². The van der Waals surface area contributed by atoms with E-state index in [0.29, 0.717) is 5.82 Å². The van der Waals surface area contributed by atoms with E-state index in [4.69, 9.17) is 10.5 Å². The normalized spacial score (nSPS) is 27.7. The van der Waals surface area contributed by atoms with E-state index >= 15 is 0 Å². The number of aldehydes is 1. The van der Waals surface area contributed by atoms with Gasteiger partial charge in [-0.3, -0.25) is 0 Å². The van der Waals surface area contributed by atoms with Crippen LogP contribution < -0.4 is 5.73 Å². The van der Waals surface area contributed by atoms with Gasteiger partial charge in [-0.05, 0) is 18.4 Å². The summed E-state index contributed by atoms with van der Waals surface area (Å²) in [5, 5.41) is 0.809. The largest absolute Gasteiger partial charge is 0.383 e.